The third kappa shape index (κ3) is 1.92. The molecule has 0 amide bonds. The number of hydrogen-bond acceptors (Lipinski definition) is 1. The van der Waals surface area contributed by atoms with E-state index >= 15 is 0 Å². The van der Waals surface area contributed by atoms with Gasteiger partial charge in [0.25, 0.3) is 0 Å². The molecule has 12 heavy (non-hydrogen) atoms. The summed E-state index contributed by atoms with van der Waals surface area (Å²) in [7, 11) is 0. The lowest BCUT2D eigenvalue weighted by Gasteiger charge is -2.01. The molecular formula is C10H12FN. The van der Waals surface area contributed by atoms with Crippen molar-refractivity contribution in [2.24, 2.45) is 5.73 Å². The standard InChI is InChI=1S/C10H12FN/c1-8(10(11)7-12)9-5-3-2-4-6-9/h2-6H,7,12H2,1H3/b10-8-. The molecule has 0 saturated carbocycles. The molecule has 1 nitrogen and oxygen atoms in total. The molecule has 0 heterocycles. The van der Waals surface area contributed by atoms with Crippen molar-refractivity contribution >= 4 is 5.57 Å². The lowest BCUT2D eigenvalue weighted by atomic mass is 10.1. The Balaban J connectivity index is 3.00. The van der Waals surface area contributed by atoms with Crippen LogP contribution in [0.4, 0.5) is 4.39 Å². The van der Waals surface area contributed by atoms with Crippen LogP contribution in [0, 0.1) is 0 Å². The third-order valence-corrected chi connectivity index (χ3v) is 1.79. The van der Waals surface area contributed by atoms with Gasteiger partial charge in [0.1, 0.15) is 5.83 Å². The van der Waals surface area contributed by atoms with Gasteiger partial charge in [-0.25, -0.2) is 4.39 Å². The van der Waals surface area contributed by atoms with Gasteiger partial charge in [-0.05, 0) is 18.1 Å². The summed E-state index contributed by atoms with van der Waals surface area (Å²) in [4.78, 5) is 0. The molecule has 64 valence electrons. The van der Waals surface area contributed by atoms with E-state index in [0.717, 1.165) is 5.56 Å². The average molecular weight is 165 g/mol. The van der Waals surface area contributed by atoms with E-state index in [-0.39, 0.29) is 12.4 Å². The van der Waals surface area contributed by atoms with Gasteiger partial charge in [-0.1, -0.05) is 30.3 Å². The number of benzene rings is 1. The van der Waals surface area contributed by atoms with Gasteiger partial charge in [0.15, 0.2) is 0 Å². The van der Waals surface area contributed by atoms with E-state index < -0.39 is 0 Å². The molecule has 2 N–H and O–H groups in total. The van der Waals surface area contributed by atoms with E-state index in [9.17, 15) is 4.39 Å². The summed E-state index contributed by atoms with van der Waals surface area (Å²) >= 11 is 0. The van der Waals surface area contributed by atoms with Crippen LogP contribution >= 0.6 is 0 Å². The van der Waals surface area contributed by atoms with E-state index in [1.165, 1.54) is 0 Å². The highest BCUT2D eigenvalue weighted by Gasteiger charge is 2.00. The number of halogens is 1. The molecule has 0 fully saturated rings. The van der Waals surface area contributed by atoms with Crippen molar-refractivity contribution in [2.45, 2.75) is 6.92 Å². The monoisotopic (exact) mass is 165 g/mol. The quantitative estimate of drug-likeness (QED) is 0.715. The van der Waals surface area contributed by atoms with E-state index in [1.807, 2.05) is 30.3 Å². The van der Waals surface area contributed by atoms with Crippen molar-refractivity contribution in [2.75, 3.05) is 6.54 Å². The Morgan fingerprint density at radius 2 is 1.92 bits per heavy atom. The Kier molecular flexibility index (Phi) is 3.00. The average Bonchev–Trinajstić information content (AvgIpc) is 2.17. The molecule has 0 atom stereocenters. The number of nitrogens with two attached hydrogens (primary N) is 1. The second kappa shape index (κ2) is 4.02. The minimum atomic E-state index is -0.249. The fourth-order valence-corrected chi connectivity index (χ4v) is 0.998. The third-order valence-electron chi connectivity index (χ3n) is 1.79. The first-order valence-electron chi connectivity index (χ1n) is 3.86. The fourth-order valence-electron chi connectivity index (χ4n) is 0.998. The van der Waals surface area contributed by atoms with Crippen LogP contribution in [0.2, 0.25) is 0 Å². The highest BCUT2D eigenvalue weighted by atomic mass is 19.1. The van der Waals surface area contributed by atoms with Crippen molar-refractivity contribution in [3.8, 4) is 0 Å². The summed E-state index contributed by atoms with van der Waals surface area (Å²) in [5, 5.41) is 0. The number of rotatable bonds is 2. The van der Waals surface area contributed by atoms with Gasteiger partial charge < -0.3 is 5.73 Å². The predicted molar refractivity (Wildman–Crippen MR) is 49.2 cm³/mol. The molecule has 0 spiro atoms. The van der Waals surface area contributed by atoms with Gasteiger partial charge in [0.2, 0.25) is 0 Å². The van der Waals surface area contributed by atoms with Crippen molar-refractivity contribution < 1.29 is 4.39 Å². The largest absolute Gasteiger partial charge is 0.325 e. The van der Waals surface area contributed by atoms with Crippen LogP contribution in [0.3, 0.4) is 0 Å². The Labute approximate surface area is 71.7 Å². The van der Waals surface area contributed by atoms with Crippen LogP contribution in [0.15, 0.2) is 36.2 Å². The Morgan fingerprint density at radius 3 is 2.42 bits per heavy atom. The van der Waals surface area contributed by atoms with Crippen molar-refractivity contribution in [1.82, 2.24) is 0 Å². The predicted octanol–water partition coefficient (Wildman–Crippen LogP) is 2.35. The molecule has 0 saturated heterocycles. The van der Waals surface area contributed by atoms with Crippen molar-refractivity contribution in [1.29, 1.82) is 0 Å². The van der Waals surface area contributed by atoms with Gasteiger partial charge in [0.05, 0.1) is 0 Å². The zero-order valence-electron chi connectivity index (χ0n) is 7.05. The number of hydrogen-bond donors (Lipinski definition) is 1. The summed E-state index contributed by atoms with van der Waals surface area (Å²) in [6.45, 7) is 1.71. The molecule has 0 radical (unpaired) electrons. The lowest BCUT2D eigenvalue weighted by molar-refractivity contribution is 0.621. The molecule has 0 aromatic heterocycles. The lowest BCUT2D eigenvalue weighted by Crippen LogP contribution is -2.00. The summed E-state index contributed by atoms with van der Waals surface area (Å²) in [5.74, 6) is -0.249. The first-order valence-corrected chi connectivity index (χ1v) is 3.86. The summed E-state index contributed by atoms with van der Waals surface area (Å²) in [5.41, 5.74) is 6.69. The van der Waals surface area contributed by atoms with Crippen LogP contribution in [-0.2, 0) is 0 Å². The minimum Gasteiger partial charge on any atom is -0.325 e. The van der Waals surface area contributed by atoms with E-state index in [1.54, 1.807) is 6.92 Å². The van der Waals surface area contributed by atoms with Gasteiger partial charge in [-0.3, -0.25) is 0 Å². The Hall–Kier alpha value is -1.15. The molecular weight excluding hydrogens is 153 g/mol. The highest BCUT2D eigenvalue weighted by molar-refractivity contribution is 5.65. The Morgan fingerprint density at radius 1 is 1.33 bits per heavy atom. The summed E-state index contributed by atoms with van der Waals surface area (Å²) < 4.78 is 13.0. The van der Waals surface area contributed by atoms with Crippen molar-refractivity contribution in [3.05, 3.63) is 41.7 Å². The first-order chi connectivity index (χ1) is 5.75. The van der Waals surface area contributed by atoms with Gasteiger partial charge in [-0.2, -0.15) is 0 Å². The van der Waals surface area contributed by atoms with E-state index in [4.69, 9.17) is 5.73 Å². The number of allylic oxidation sites excluding steroid dienone is 1. The molecule has 0 aliphatic carbocycles. The van der Waals surface area contributed by atoms with Gasteiger partial charge in [-0.15, -0.1) is 0 Å². The SMILES string of the molecule is C/C(=C(/F)CN)c1ccccc1. The van der Waals surface area contributed by atoms with Crippen LogP contribution in [0.5, 0.6) is 0 Å². The molecule has 0 aliphatic rings. The highest BCUT2D eigenvalue weighted by Crippen LogP contribution is 2.17. The van der Waals surface area contributed by atoms with Crippen LogP contribution < -0.4 is 5.73 Å². The maximum absolute atomic E-state index is 13.0. The van der Waals surface area contributed by atoms with E-state index in [0.29, 0.717) is 5.57 Å². The molecule has 0 bridgehead atoms. The second-order valence-electron chi connectivity index (χ2n) is 2.60. The smallest absolute Gasteiger partial charge is 0.117 e. The zero-order chi connectivity index (χ0) is 8.97. The summed E-state index contributed by atoms with van der Waals surface area (Å²) in [6.07, 6.45) is 0. The maximum atomic E-state index is 13.0. The van der Waals surface area contributed by atoms with E-state index in [2.05, 4.69) is 0 Å². The van der Waals surface area contributed by atoms with Crippen LogP contribution in [0.1, 0.15) is 12.5 Å². The maximum Gasteiger partial charge on any atom is 0.117 e. The zero-order valence-corrected chi connectivity index (χ0v) is 7.05. The minimum absolute atomic E-state index is 0.0271. The molecule has 0 unspecified atom stereocenters. The molecule has 1 rings (SSSR count). The fraction of sp³-hybridized carbons (Fsp3) is 0.200. The van der Waals surface area contributed by atoms with Crippen LogP contribution in [-0.4, -0.2) is 6.54 Å². The second-order valence-corrected chi connectivity index (χ2v) is 2.60. The van der Waals surface area contributed by atoms with Crippen molar-refractivity contribution in [3.63, 3.8) is 0 Å². The normalized spacial score (nSPS) is 12.6. The topological polar surface area (TPSA) is 26.0 Å². The molecule has 1 aromatic carbocycles. The van der Waals surface area contributed by atoms with Gasteiger partial charge in [0, 0.05) is 6.54 Å². The Bertz CT molecular complexity index is 277. The molecule has 1 aromatic rings. The van der Waals surface area contributed by atoms with Crippen LogP contribution in [0.25, 0.3) is 5.57 Å². The molecule has 2 heteroatoms. The summed E-state index contributed by atoms with van der Waals surface area (Å²) in [6, 6.07) is 9.39. The first kappa shape index (κ1) is 8.94. The molecule has 0 aliphatic heterocycles. The van der Waals surface area contributed by atoms with Gasteiger partial charge >= 0.3 is 0 Å².